The molecule has 100 valence electrons. The van der Waals surface area contributed by atoms with E-state index in [4.69, 9.17) is 4.74 Å². The summed E-state index contributed by atoms with van der Waals surface area (Å²) in [4.78, 5) is 6.89. The lowest BCUT2D eigenvalue weighted by atomic mass is 10.2. The van der Waals surface area contributed by atoms with Crippen LogP contribution >= 0.6 is 0 Å². The van der Waals surface area contributed by atoms with Gasteiger partial charge in [0.1, 0.15) is 0 Å². The van der Waals surface area contributed by atoms with Crippen LogP contribution in [0, 0.1) is 0 Å². The Hall–Kier alpha value is -1.29. The Morgan fingerprint density at radius 3 is 3.11 bits per heavy atom. The van der Waals surface area contributed by atoms with Gasteiger partial charge in [-0.15, -0.1) is 0 Å². The number of hydrogen-bond donors (Lipinski definition) is 1. The molecule has 1 aromatic heterocycles. The maximum absolute atomic E-state index is 5.86. The first-order valence-electron chi connectivity index (χ1n) is 6.75. The van der Waals surface area contributed by atoms with Gasteiger partial charge < -0.3 is 15.0 Å². The van der Waals surface area contributed by atoms with E-state index >= 15 is 0 Å². The molecule has 1 aliphatic rings. The maximum atomic E-state index is 5.86. The Labute approximate surface area is 109 Å². The molecule has 0 spiro atoms. The number of pyridine rings is 1. The van der Waals surface area contributed by atoms with Crippen LogP contribution in [0.25, 0.3) is 0 Å². The third-order valence-corrected chi connectivity index (χ3v) is 3.20. The fourth-order valence-electron chi connectivity index (χ4n) is 2.51. The third-order valence-electron chi connectivity index (χ3n) is 3.20. The standard InChI is InChI=1S/C14H23N3O/c1-11(2)18-13-7-4-8-16-14(13)17-9-5-6-12(17)10-15-3/h4,7-8,11-12,15H,5-6,9-10H2,1-3H3. The normalized spacial score (nSPS) is 19.6. The summed E-state index contributed by atoms with van der Waals surface area (Å²) in [5.74, 6) is 1.89. The molecule has 4 nitrogen and oxygen atoms in total. The van der Waals surface area contributed by atoms with Crippen LogP contribution < -0.4 is 15.0 Å². The average Bonchev–Trinajstić information content (AvgIpc) is 2.78. The molecule has 0 saturated carbocycles. The van der Waals surface area contributed by atoms with Gasteiger partial charge in [0.15, 0.2) is 11.6 Å². The highest BCUT2D eigenvalue weighted by Gasteiger charge is 2.27. The predicted molar refractivity (Wildman–Crippen MR) is 74.3 cm³/mol. The minimum atomic E-state index is 0.179. The Morgan fingerprint density at radius 2 is 2.39 bits per heavy atom. The number of likely N-dealkylation sites (N-methyl/N-ethyl adjacent to an activating group) is 1. The first-order valence-corrected chi connectivity index (χ1v) is 6.75. The maximum Gasteiger partial charge on any atom is 0.171 e. The highest BCUT2D eigenvalue weighted by Crippen LogP contribution is 2.31. The Kier molecular flexibility index (Phi) is 4.42. The minimum Gasteiger partial charge on any atom is -0.487 e. The Morgan fingerprint density at radius 1 is 1.56 bits per heavy atom. The number of aromatic nitrogens is 1. The molecular weight excluding hydrogens is 226 g/mol. The molecule has 0 amide bonds. The summed E-state index contributed by atoms with van der Waals surface area (Å²) < 4.78 is 5.86. The van der Waals surface area contributed by atoms with Crippen LogP contribution in [-0.4, -0.2) is 37.3 Å². The highest BCUT2D eigenvalue weighted by molar-refractivity contribution is 5.53. The largest absolute Gasteiger partial charge is 0.487 e. The van der Waals surface area contributed by atoms with Crippen molar-refractivity contribution in [2.75, 3.05) is 25.0 Å². The summed E-state index contributed by atoms with van der Waals surface area (Å²) in [7, 11) is 2.00. The van der Waals surface area contributed by atoms with E-state index in [1.165, 1.54) is 12.8 Å². The first kappa shape index (κ1) is 13.1. The van der Waals surface area contributed by atoms with Crippen molar-refractivity contribution in [2.45, 2.75) is 38.8 Å². The predicted octanol–water partition coefficient (Wildman–Crippen LogP) is 2.06. The van der Waals surface area contributed by atoms with Crippen molar-refractivity contribution in [3.63, 3.8) is 0 Å². The molecule has 1 fully saturated rings. The van der Waals surface area contributed by atoms with E-state index in [9.17, 15) is 0 Å². The third kappa shape index (κ3) is 2.93. The molecule has 0 radical (unpaired) electrons. The van der Waals surface area contributed by atoms with Gasteiger partial charge in [-0.05, 0) is 45.9 Å². The van der Waals surface area contributed by atoms with Crippen molar-refractivity contribution in [3.8, 4) is 5.75 Å². The van der Waals surface area contributed by atoms with Gasteiger partial charge in [0.05, 0.1) is 6.10 Å². The second-order valence-electron chi connectivity index (χ2n) is 5.04. The van der Waals surface area contributed by atoms with Gasteiger partial charge >= 0.3 is 0 Å². The van der Waals surface area contributed by atoms with Crippen LogP contribution in [0.2, 0.25) is 0 Å². The molecule has 2 rings (SSSR count). The molecule has 1 N–H and O–H groups in total. The second kappa shape index (κ2) is 6.05. The molecule has 1 atom stereocenters. The summed E-state index contributed by atoms with van der Waals surface area (Å²) in [6.45, 7) is 6.16. The zero-order chi connectivity index (χ0) is 13.0. The van der Waals surface area contributed by atoms with Gasteiger partial charge in [0, 0.05) is 25.3 Å². The van der Waals surface area contributed by atoms with E-state index in [0.29, 0.717) is 6.04 Å². The van der Waals surface area contributed by atoms with Crippen LogP contribution in [0.15, 0.2) is 18.3 Å². The SMILES string of the molecule is CNCC1CCCN1c1ncccc1OC(C)C. The minimum absolute atomic E-state index is 0.179. The van der Waals surface area contributed by atoms with Crippen LogP contribution in [0.4, 0.5) is 5.82 Å². The number of nitrogens with zero attached hydrogens (tertiary/aromatic N) is 2. The van der Waals surface area contributed by atoms with Gasteiger partial charge in [-0.3, -0.25) is 0 Å². The number of ether oxygens (including phenoxy) is 1. The lowest BCUT2D eigenvalue weighted by Crippen LogP contribution is -2.37. The molecule has 2 heterocycles. The summed E-state index contributed by atoms with van der Waals surface area (Å²) in [5, 5.41) is 3.26. The van der Waals surface area contributed by atoms with Crippen molar-refractivity contribution in [3.05, 3.63) is 18.3 Å². The Bertz CT molecular complexity index is 381. The number of anilines is 1. The van der Waals surface area contributed by atoms with Crippen LogP contribution in [-0.2, 0) is 0 Å². The smallest absolute Gasteiger partial charge is 0.171 e. The number of hydrogen-bond acceptors (Lipinski definition) is 4. The highest BCUT2D eigenvalue weighted by atomic mass is 16.5. The van der Waals surface area contributed by atoms with E-state index in [0.717, 1.165) is 24.7 Å². The summed E-state index contributed by atoms with van der Waals surface area (Å²) >= 11 is 0. The first-order chi connectivity index (χ1) is 8.72. The summed E-state index contributed by atoms with van der Waals surface area (Å²) in [6, 6.07) is 4.47. The molecule has 0 aromatic carbocycles. The lowest BCUT2D eigenvalue weighted by Gasteiger charge is -2.27. The molecule has 4 heteroatoms. The van der Waals surface area contributed by atoms with E-state index in [2.05, 4.69) is 15.2 Å². The van der Waals surface area contributed by atoms with Crippen molar-refractivity contribution in [1.82, 2.24) is 10.3 Å². The van der Waals surface area contributed by atoms with Gasteiger partial charge in [-0.25, -0.2) is 4.98 Å². The fraction of sp³-hybridized carbons (Fsp3) is 0.643. The molecule has 1 aromatic rings. The molecule has 0 aliphatic carbocycles. The lowest BCUT2D eigenvalue weighted by molar-refractivity contribution is 0.242. The molecular formula is C14H23N3O. The van der Waals surface area contributed by atoms with Crippen molar-refractivity contribution in [1.29, 1.82) is 0 Å². The molecule has 18 heavy (non-hydrogen) atoms. The van der Waals surface area contributed by atoms with Gasteiger partial charge in [-0.1, -0.05) is 0 Å². The van der Waals surface area contributed by atoms with E-state index in [-0.39, 0.29) is 6.10 Å². The van der Waals surface area contributed by atoms with Crippen LogP contribution in [0.5, 0.6) is 5.75 Å². The molecule has 1 saturated heterocycles. The number of nitrogens with one attached hydrogen (secondary N) is 1. The topological polar surface area (TPSA) is 37.4 Å². The van der Waals surface area contributed by atoms with Gasteiger partial charge in [0.2, 0.25) is 0 Å². The quantitative estimate of drug-likeness (QED) is 0.866. The van der Waals surface area contributed by atoms with E-state index in [1.54, 1.807) is 0 Å². The molecule has 0 bridgehead atoms. The molecule has 1 unspecified atom stereocenters. The van der Waals surface area contributed by atoms with Crippen molar-refractivity contribution >= 4 is 5.82 Å². The Balaban J connectivity index is 2.20. The van der Waals surface area contributed by atoms with Crippen molar-refractivity contribution in [2.24, 2.45) is 0 Å². The zero-order valence-electron chi connectivity index (χ0n) is 11.5. The zero-order valence-corrected chi connectivity index (χ0v) is 11.5. The average molecular weight is 249 g/mol. The van der Waals surface area contributed by atoms with Crippen molar-refractivity contribution < 1.29 is 4.74 Å². The fourth-order valence-corrected chi connectivity index (χ4v) is 2.51. The number of rotatable bonds is 5. The summed E-state index contributed by atoms with van der Waals surface area (Å²) in [5.41, 5.74) is 0. The van der Waals surface area contributed by atoms with Gasteiger partial charge in [0.25, 0.3) is 0 Å². The summed E-state index contributed by atoms with van der Waals surface area (Å²) in [6.07, 6.45) is 4.47. The molecule has 1 aliphatic heterocycles. The van der Waals surface area contributed by atoms with Crippen LogP contribution in [0.3, 0.4) is 0 Å². The van der Waals surface area contributed by atoms with Crippen LogP contribution in [0.1, 0.15) is 26.7 Å². The van der Waals surface area contributed by atoms with E-state index < -0.39 is 0 Å². The van der Waals surface area contributed by atoms with E-state index in [1.807, 2.05) is 39.2 Å². The monoisotopic (exact) mass is 249 g/mol. The van der Waals surface area contributed by atoms with Gasteiger partial charge in [-0.2, -0.15) is 0 Å². The second-order valence-corrected chi connectivity index (χ2v) is 5.04.